The molecule has 1 N–H and O–H groups in total. The van der Waals surface area contributed by atoms with Crippen molar-refractivity contribution in [3.05, 3.63) is 53.6 Å². The molecule has 0 aromatic heterocycles. The van der Waals surface area contributed by atoms with Gasteiger partial charge in [0.15, 0.2) is 0 Å². The van der Waals surface area contributed by atoms with E-state index in [0.29, 0.717) is 23.6 Å². The molecule has 2 aromatic carbocycles. The van der Waals surface area contributed by atoms with Crippen LogP contribution in [0.15, 0.2) is 42.5 Å². The predicted octanol–water partition coefficient (Wildman–Crippen LogP) is 3.44. The molecule has 0 aliphatic carbocycles. The Morgan fingerprint density at radius 1 is 1.13 bits per heavy atom. The number of methoxy groups -OCH3 is 2. The lowest BCUT2D eigenvalue weighted by Gasteiger charge is -2.23. The molecule has 0 bridgehead atoms. The van der Waals surface area contributed by atoms with Gasteiger partial charge in [-0.15, -0.1) is 0 Å². The number of aryl methyl sites for hydroxylation is 1. The summed E-state index contributed by atoms with van der Waals surface area (Å²) in [5, 5.41) is 2.94. The van der Waals surface area contributed by atoms with Gasteiger partial charge in [-0.3, -0.25) is 9.10 Å². The molecule has 2 aromatic rings. The van der Waals surface area contributed by atoms with Gasteiger partial charge in [0.05, 0.1) is 32.2 Å². The molecule has 0 saturated heterocycles. The van der Waals surface area contributed by atoms with Gasteiger partial charge in [0.25, 0.3) is 0 Å². The van der Waals surface area contributed by atoms with E-state index in [1.807, 2.05) is 38.1 Å². The standard InChI is InChI=1S/C22H30N2O5S/c1-16-8-6-9-18(14-16)24(30(5,26)27)13-7-10-22(25)23-17(2)20-15-19(28-3)11-12-21(20)29-4/h6,8-9,11-12,14-15,17H,7,10,13H2,1-5H3,(H,23,25). The number of hydrogen-bond donors (Lipinski definition) is 1. The summed E-state index contributed by atoms with van der Waals surface area (Å²) in [6, 6.07) is 12.4. The number of carbonyl (C=O) groups excluding carboxylic acids is 1. The normalized spacial score (nSPS) is 12.2. The zero-order chi connectivity index (χ0) is 22.3. The maximum Gasteiger partial charge on any atom is 0.232 e. The van der Waals surface area contributed by atoms with Gasteiger partial charge in [0.2, 0.25) is 15.9 Å². The molecular formula is C22H30N2O5S. The minimum Gasteiger partial charge on any atom is -0.497 e. The van der Waals surface area contributed by atoms with Crippen molar-refractivity contribution in [3.63, 3.8) is 0 Å². The summed E-state index contributed by atoms with van der Waals surface area (Å²) in [6.07, 6.45) is 1.77. The highest BCUT2D eigenvalue weighted by Crippen LogP contribution is 2.29. The fourth-order valence-electron chi connectivity index (χ4n) is 3.22. The highest BCUT2D eigenvalue weighted by Gasteiger charge is 2.19. The van der Waals surface area contributed by atoms with Crippen LogP contribution >= 0.6 is 0 Å². The summed E-state index contributed by atoms with van der Waals surface area (Å²) in [6.45, 7) is 4.00. The Morgan fingerprint density at radius 2 is 1.87 bits per heavy atom. The number of carbonyl (C=O) groups is 1. The van der Waals surface area contributed by atoms with E-state index in [1.165, 1.54) is 10.6 Å². The number of benzene rings is 2. The average molecular weight is 435 g/mol. The fourth-order valence-corrected chi connectivity index (χ4v) is 4.18. The lowest BCUT2D eigenvalue weighted by Crippen LogP contribution is -2.32. The van der Waals surface area contributed by atoms with Gasteiger partial charge in [-0.2, -0.15) is 0 Å². The van der Waals surface area contributed by atoms with Crippen LogP contribution in [0.3, 0.4) is 0 Å². The molecular weight excluding hydrogens is 404 g/mol. The van der Waals surface area contributed by atoms with Gasteiger partial charge < -0.3 is 14.8 Å². The van der Waals surface area contributed by atoms with Crippen LogP contribution in [-0.2, 0) is 14.8 Å². The van der Waals surface area contributed by atoms with Crippen molar-refractivity contribution in [2.75, 3.05) is 31.3 Å². The molecule has 1 atom stereocenters. The Kier molecular flexibility index (Phi) is 8.11. The molecule has 1 unspecified atom stereocenters. The first-order chi connectivity index (χ1) is 14.2. The first-order valence-electron chi connectivity index (χ1n) is 9.71. The number of nitrogens with zero attached hydrogens (tertiary/aromatic N) is 1. The van der Waals surface area contributed by atoms with Crippen molar-refractivity contribution >= 4 is 21.6 Å². The predicted molar refractivity (Wildman–Crippen MR) is 119 cm³/mol. The topological polar surface area (TPSA) is 84.9 Å². The number of hydrogen-bond acceptors (Lipinski definition) is 5. The summed E-state index contributed by atoms with van der Waals surface area (Å²) in [5.74, 6) is 1.17. The number of nitrogens with one attached hydrogen (secondary N) is 1. The summed E-state index contributed by atoms with van der Waals surface area (Å²) in [7, 11) is -0.290. The molecule has 0 saturated carbocycles. The van der Waals surface area contributed by atoms with E-state index in [-0.39, 0.29) is 24.9 Å². The molecule has 0 aliphatic rings. The molecule has 7 nitrogen and oxygen atoms in total. The monoisotopic (exact) mass is 434 g/mol. The van der Waals surface area contributed by atoms with Crippen molar-refractivity contribution in [1.29, 1.82) is 0 Å². The van der Waals surface area contributed by atoms with Crippen LogP contribution < -0.4 is 19.1 Å². The molecule has 30 heavy (non-hydrogen) atoms. The Hall–Kier alpha value is -2.74. The first-order valence-corrected chi connectivity index (χ1v) is 11.6. The molecule has 8 heteroatoms. The fraction of sp³-hybridized carbons (Fsp3) is 0.409. The van der Waals surface area contributed by atoms with E-state index in [9.17, 15) is 13.2 Å². The van der Waals surface area contributed by atoms with Gasteiger partial charge in [-0.05, 0) is 56.2 Å². The van der Waals surface area contributed by atoms with E-state index in [2.05, 4.69) is 5.32 Å². The Bertz CT molecular complexity index is 975. The SMILES string of the molecule is COc1ccc(OC)c(C(C)NC(=O)CCCN(c2cccc(C)c2)S(C)(=O)=O)c1. The zero-order valence-electron chi connectivity index (χ0n) is 18.1. The third kappa shape index (κ3) is 6.38. The highest BCUT2D eigenvalue weighted by atomic mass is 32.2. The lowest BCUT2D eigenvalue weighted by atomic mass is 10.1. The van der Waals surface area contributed by atoms with Gasteiger partial charge in [0, 0.05) is 18.5 Å². The number of amides is 1. The molecule has 0 heterocycles. The van der Waals surface area contributed by atoms with Crippen molar-refractivity contribution in [2.24, 2.45) is 0 Å². The maximum absolute atomic E-state index is 12.5. The van der Waals surface area contributed by atoms with E-state index in [4.69, 9.17) is 9.47 Å². The minimum atomic E-state index is -3.44. The molecule has 0 spiro atoms. The number of anilines is 1. The van der Waals surface area contributed by atoms with Crippen molar-refractivity contribution < 1.29 is 22.7 Å². The van der Waals surface area contributed by atoms with Crippen LogP contribution in [0.4, 0.5) is 5.69 Å². The summed E-state index contributed by atoms with van der Waals surface area (Å²) in [5.41, 5.74) is 2.38. The molecule has 0 aliphatic heterocycles. The van der Waals surface area contributed by atoms with Crippen molar-refractivity contribution in [3.8, 4) is 11.5 Å². The molecule has 164 valence electrons. The van der Waals surface area contributed by atoms with Crippen LogP contribution in [0.25, 0.3) is 0 Å². The quantitative estimate of drug-likeness (QED) is 0.619. The van der Waals surface area contributed by atoms with Crippen LogP contribution in [0, 0.1) is 6.92 Å². The summed E-state index contributed by atoms with van der Waals surface area (Å²) >= 11 is 0. The summed E-state index contributed by atoms with van der Waals surface area (Å²) in [4.78, 5) is 12.5. The van der Waals surface area contributed by atoms with E-state index >= 15 is 0 Å². The largest absolute Gasteiger partial charge is 0.497 e. The molecule has 2 rings (SSSR count). The van der Waals surface area contributed by atoms with Gasteiger partial charge in [-0.1, -0.05) is 12.1 Å². The Morgan fingerprint density at radius 3 is 2.47 bits per heavy atom. The minimum absolute atomic E-state index is 0.162. The second-order valence-corrected chi connectivity index (χ2v) is 9.08. The first kappa shape index (κ1) is 23.5. The third-order valence-corrected chi connectivity index (χ3v) is 5.93. The van der Waals surface area contributed by atoms with Crippen LogP contribution in [0.5, 0.6) is 11.5 Å². The number of ether oxygens (including phenoxy) is 2. The second kappa shape index (κ2) is 10.3. The Labute approximate surface area is 179 Å². The van der Waals surface area contributed by atoms with E-state index in [0.717, 1.165) is 11.1 Å². The number of rotatable bonds is 10. The third-order valence-electron chi connectivity index (χ3n) is 4.74. The lowest BCUT2D eigenvalue weighted by molar-refractivity contribution is -0.121. The summed E-state index contributed by atoms with van der Waals surface area (Å²) < 4.78 is 36.4. The zero-order valence-corrected chi connectivity index (χ0v) is 19.0. The second-order valence-electron chi connectivity index (χ2n) is 7.17. The van der Waals surface area contributed by atoms with Crippen molar-refractivity contribution in [2.45, 2.75) is 32.7 Å². The Balaban J connectivity index is 2.00. The molecule has 0 radical (unpaired) electrons. The maximum atomic E-state index is 12.5. The van der Waals surface area contributed by atoms with E-state index < -0.39 is 10.0 Å². The molecule has 0 fully saturated rings. The van der Waals surface area contributed by atoms with Gasteiger partial charge >= 0.3 is 0 Å². The highest BCUT2D eigenvalue weighted by molar-refractivity contribution is 7.92. The number of sulfonamides is 1. The average Bonchev–Trinajstić information content (AvgIpc) is 2.69. The van der Waals surface area contributed by atoms with Crippen LogP contribution in [0.2, 0.25) is 0 Å². The van der Waals surface area contributed by atoms with Gasteiger partial charge in [-0.25, -0.2) is 8.42 Å². The van der Waals surface area contributed by atoms with E-state index in [1.54, 1.807) is 32.4 Å². The van der Waals surface area contributed by atoms with Gasteiger partial charge in [0.1, 0.15) is 11.5 Å². The smallest absolute Gasteiger partial charge is 0.232 e. The van der Waals surface area contributed by atoms with Crippen LogP contribution in [-0.4, -0.2) is 41.3 Å². The van der Waals surface area contributed by atoms with Crippen LogP contribution in [0.1, 0.15) is 36.9 Å². The van der Waals surface area contributed by atoms with Crippen molar-refractivity contribution in [1.82, 2.24) is 5.32 Å². The molecule has 1 amide bonds.